The van der Waals surface area contributed by atoms with Gasteiger partial charge in [0, 0.05) is 19.3 Å². The summed E-state index contributed by atoms with van der Waals surface area (Å²) in [4.78, 5) is 47.5. The van der Waals surface area contributed by atoms with Crippen molar-refractivity contribution in [1.29, 1.82) is 0 Å². The Labute approximate surface area is 188 Å². The van der Waals surface area contributed by atoms with Crippen molar-refractivity contribution in [1.82, 2.24) is 21.3 Å². The molecular formula is C21H34N6O5. The Balaban J connectivity index is 2.79. The summed E-state index contributed by atoms with van der Waals surface area (Å²) in [5.74, 6) is -0.637. The van der Waals surface area contributed by atoms with Gasteiger partial charge in [0.25, 0.3) is 0 Å². The maximum Gasteiger partial charge on any atom is 0.407 e. The van der Waals surface area contributed by atoms with Gasteiger partial charge in [0.05, 0.1) is 6.04 Å². The molecule has 0 bridgehead atoms. The Morgan fingerprint density at radius 1 is 1.03 bits per heavy atom. The first-order valence-corrected chi connectivity index (χ1v) is 10.4. The molecule has 32 heavy (non-hydrogen) atoms. The smallest absolute Gasteiger partial charge is 0.407 e. The Morgan fingerprint density at radius 2 is 1.69 bits per heavy atom. The molecule has 0 unspecified atom stereocenters. The first-order valence-electron chi connectivity index (χ1n) is 10.4. The monoisotopic (exact) mass is 450 g/mol. The first kappa shape index (κ1) is 26.7. The fourth-order valence-corrected chi connectivity index (χ4v) is 2.95. The number of hydrogen-bond donors (Lipinski definition) is 6. The maximum absolute atomic E-state index is 12.9. The lowest BCUT2D eigenvalue weighted by Crippen LogP contribution is -2.52. The molecular weight excluding hydrogens is 416 g/mol. The van der Waals surface area contributed by atoms with Gasteiger partial charge in [0.1, 0.15) is 12.6 Å². The van der Waals surface area contributed by atoms with E-state index in [9.17, 15) is 19.2 Å². The minimum Gasteiger partial charge on any atom is -0.445 e. The van der Waals surface area contributed by atoms with E-state index < -0.39 is 24.2 Å². The number of hydrogen-bond acceptors (Lipinski definition) is 6. The minimum atomic E-state index is -0.803. The molecule has 0 aliphatic carbocycles. The maximum atomic E-state index is 12.9. The molecule has 5 amide bonds. The molecule has 1 aromatic carbocycles. The number of alkyl carbamates (subject to hydrolysis) is 1. The van der Waals surface area contributed by atoms with Crippen LogP contribution in [0.25, 0.3) is 0 Å². The lowest BCUT2D eigenvalue weighted by Gasteiger charge is -2.24. The van der Waals surface area contributed by atoms with Crippen LogP contribution in [-0.4, -0.2) is 56.7 Å². The van der Waals surface area contributed by atoms with Crippen LogP contribution >= 0.6 is 0 Å². The van der Waals surface area contributed by atoms with E-state index in [1.807, 2.05) is 13.8 Å². The summed E-state index contributed by atoms with van der Waals surface area (Å²) in [5.41, 5.74) is 6.35. The number of primary amides is 1. The van der Waals surface area contributed by atoms with Crippen LogP contribution in [-0.2, 0) is 20.9 Å². The van der Waals surface area contributed by atoms with Crippen LogP contribution in [0.15, 0.2) is 24.3 Å². The van der Waals surface area contributed by atoms with Crippen LogP contribution in [0, 0.1) is 5.92 Å². The molecule has 7 N–H and O–H groups in total. The molecule has 178 valence electrons. The first-order chi connectivity index (χ1) is 15.2. The standard InChI is InChI=1S/C21H34N6O5/c1-13(2)17(23-3)19(29)27-16(6-5-11-25-20(22)30)18(28)26-15-9-7-14(8-10-15)12-32-21(31)24-4/h7-10,13,16-17,23H,5-6,11-12H2,1-4H3,(H,24,31)(H,26,28)(H,27,29)(H3,22,25,30)/t16-,17-/m0/s1. The van der Waals surface area contributed by atoms with Crippen molar-refractivity contribution < 1.29 is 23.9 Å². The molecule has 0 aliphatic heterocycles. The zero-order valence-electron chi connectivity index (χ0n) is 19.0. The minimum absolute atomic E-state index is 0.0322. The van der Waals surface area contributed by atoms with Gasteiger partial charge in [-0.2, -0.15) is 0 Å². The third-order valence-electron chi connectivity index (χ3n) is 4.66. The Hall–Kier alpha value is -3.34. The molecule has 1 aromatic rings. The highest BCUT2D eigenvalue weighted by atomic mass is 16.5. The number of nitrogens with two attached hydrogens (primary N) is 1. The van der Waals surface area contributed by atoms with E-state index in [0.29, 0.717) is 18.5 Å². The molecule has 11 heteroatoms. The predicted molar refractivity (Wildman–Crippen MR) is 121 cm³/mol. The van der Waals surface area contributed by atoms with Crippen LogP contribution in [0.2, 0.25) is 0 Å². The van der Waals surface area contributed by atoms with Gasteiger partial charge < -0.3 is 37.1 Å². The lowest BCUT2D eigenvalue weighted by molar-refractivity contribution is -0.128. The summed E-state index contributed by atoms with van der Waals surface area (Å²) in [6, 6.07) is 4.90. The molecule has 11 nitrogen and oxygen atoms in total. The number of ether oxygens (including phenoxy) is 1. The van der Waals surface area contributed by atoms with E-state index in [0.717, 1.165) is 5.56 Å². The number of urea groups is 1. The van der Waals surface area contributed by atoms with Gasteiger partial charge in [-0.05, 0) is 43.5 Å². The highest BCUT2D eigenvalue weighted by Gasteiger charge is 2.26. The average molecular weight is 451 g/mol. The molecule has 0 radical (unpaired) electrons. The highest BCUT2D eigenvalue weighted by Crippen LogP contribution is 2.12. The molecule has 0 spiro atoms. The molecule has 0 aliphatic rings. The quantitative estimate of drug-likeness (QED) is 0.256. The van der Waals surface area contributed by atoms with Gasteiger partial charge in [-0.3, -0.25) is 9.59 Å². The van der Waals surface area contributed by atoms with Crippen molar-refractivity contribution in [2.45, 2.75) is 45.4 Å². The van der Waals surface area contributed by atoms with Crippen LogP contribution in [0.4, 0.5) is 15.3 Å². The van der Waals surface area contributed by atoms with E-state index in [4.69, 9.17) is 10.5 Å². The van der Waals surface area contributed by atoms with Gasteiger partial charge in [-0.25, -0.2) is 9.59 Å². The summed E-state index contributed by atoms with van der Waals surface area (Å²) >= 11 is 0. The van der Waals surface area contributed by atoms with E-state index in [-0.39, 0.29) is 30.9 Å². The second-order valence-corrected chi connectivity index (χ2v) is 7.52. The Kier molecular flexibility index (Phi) is 11.6. The molecule has 0 saturated carbocycles. The topological polar surface area (TPSA) is 164 Å². The number of carbonyl (C=O) groups is 4. The summed E-state index contributed by atoms with van der Waals surface area (Å²) in [6.07, 6.45) is 0.223. The number of nitrogens with one attached hydrogen (secondary N) is 5. The number of carbonyl (C=O) groups excluding carboxylic acids is 4. The zero-order chi connectivity index (χ0) is 24.1. The van der Waals surface area contributed by atoms with Gasteiger partial charge >= 0.3 is 12.1 Å². The molecule has 0 saturated heterocycles. The zero-order valence-corrected chi connectivity index (χ0v) is 19.0. The molecule has 0 heterocycles. The second-order valence-electron chi connectivity index (χ2n) is 7.52. The van der Waals surface area contributed by atoms with Crippen molar-refractivity contribution in [2.75, 3.05) is 26.0 Å². The lowest BCUT2D eigenvalue weighted by atomic mass is 10.0. The third kappa shape index (κ3) is 9.65. The largest absolute Gasteiger partial charge is 0.445 e. The van der Waals surface area contributed by atoms with Crippen LogP contribution < -0.4 is 32.3 Å². The van der Waals surface area contributed by atoms with Crippen molar-refractivity contribution in [3.8, 4) is 0 Å². The summed E-state index contributed by atoms with van der Waals surface area (Å²) in [7, 11) is 3.16. The van der Waals surface area contributed by atoms with Crippen molar-refractivity contribution >= 4 is 29.6 Å². The third-order valence-corrected chi connectivity index (χ3v) is 4.66. The molecule has 0 fully saturated rings. The average Bonchev–Trinajstić information content (AvgIpc) is 2.75. The number of anilines is 1. The van der Waals surface area contributed by atoms with E-state index >= 15 is 0 Å². The van der Waals surface area contributed by atoms with E-state index in [1.165, 1.54) is 7.05 Å². The van der Waals surface area contributed by atoms with Crippen molar-refractivity contribution in [3.05, 3.63) is 29.8 Å². The van der Waals surface area contributed by atoms with Gasteiger partial charge in [0.2, 0.25) is 11.8 Å². The predicted octanol–water partition coefficient (Wildman–Crippen LogP) is 0.658. The van der Waals surface area contributed by atoms with E-state index in [2.05, 4.69) is 26.6 Å². The molecule has 0 aromatic heterocycles. The van der Waals surface area contributed by atoms with Crippen LogP contribution in [0.1, 0.15) is 32.3 Å². The van der Waals surface area contributed by atoms with E-state index in [1.54, 1.807) is 31.3 Å². The number of amides is 5. The fourth-order valence-electron chi connectivity index (χ4n) is 2.95. The summed E-state index contributed by atoms with van der Waals surface area (Å²) < 4.78 is 4.97. The normalized spacial score (nSPS) is 12.4. The van der Waals surface area contributed by atoms with Crippen molar-refractivity contribution in [2.24, 2.45) is 11.7 Å². The SMILES string of the molecule is CNC(=O)OCc1ccc(NC(=O)[C@H](CCCNC(N)=O)NC(=O)[C@@H](NC)C(C)C)cc1. The summed E-state index contributed by atoms with van der Waals surface area (Å²) in [5, 5.41) is 13.3. The number of rotatable bonds is 12. The number of benzene rings is 1. The highest BCUT2D eigenvalue weighted by molar-refractivity contribution is 5.97. The second kappa shape index (κ2) is 13.9. The number of likely N-dealkylation sites (N-methyl/N-ethyl adjacent to an activating group) is 1. The Bertz CT molecular complexity index is 768. The van der Waals surface area contributed by atoms with Crippen LogP contribution in [0.3, 0.4) is 0 Å². The van der Waals surface area contributed by atoms with Gasteiger partial charge in [-0.15, -0.1) is 0 Å². The van der Waals surface area contributed by atoms with Crippen LogP contribution in [0.5, 0.6) is 0 Å². The molecule has 2 atom stereocenters. The Morgan fingerprint density at radius 3 is 2.22 bits per heavy atom. The molecule has 1 rings (SSSR count). The van der Waals surface area contributed by atoms with Gasteiger partial charge in [-0.1, -0.05) is 26.0 Å². The van der Waals surface area contributed by atoms with Crippen molar-refractivity contribution in [3.63, 3.8) is 0 Å². The van der Waals surface area contributed by atoms with Gasteiger partial charge in [0.15, 0.2) is 0 Å². The summed E-state index contributed by atoms with van der Waals surface area (Å²) in [6.45, 7) is 4.19. The fraction of sp³-hybridized carbons (Fsp3) is 0.524.